The molecule has 0 unspecified atom stereocenters. The van der Waals surface area contributed by atoms with Crippen LogP contribution in [0.15, 0.2) is 53.4 Å². The average Bonchev–Trinajstić information content (AvgIpc) is 2.79. The monoisotopic (exact) mass is 507 g/mol. The van der Waals surface area contributed by atoms with Crippen molar-refractivity contribution >= 4 is 27.3 Å². The van der Waals surface area contributed by atoms with Crippen LogP contribution in [0.1, 0.15) is 52.4 Å². The van der Waals surface area contributed by atoms with Crippen LogP contribution in [0.4, 0.5) is 0 Å². The van der Waals surface area contributed by atoms with Crippen LogP contribution in [0.3, 0.4) is 0 Å². The van der Waals surface area contributed by atoms with Gasteiger partial charge in [0.05, 0.1) is 17.6 Å². The van der Waals surface area contributed by atoms with Crippen molar-refractivity contribution in [3.8, 4) is 11.5 Å². The molecule has 1 N–H and O–H groups in total. The summed E-state index contributed by atoms with van der Waals surface area (Å²) in [6.07, 6.45) is 6.16. The summed E-state index contributed by atoms with van der Waals surface area (Å²) < 4.78 is 34.9. The summed E-state index contributed by atoms with van der Waals surface area (Å²) in [7, 11) is -3.21. The van der Waals surface area contributed by atoms with E-state index in [1.165, 1.54) is 6.26 Å². The van der Waals surface area contributed by atoms with Crippen LogP contribution in [0, 0.1) is 5.41 Å². The Bertz CT molecular complexity index is 1040. The molecule has 8 heteroatoms. The van der Waals surface area contributed by atoms with E-state index in [9.17, 15) is 13.2 Å². The lowest BCUT2D eigenvalue weighted by atomic mass is 9.85. The Morgan fingerprint density at radius 3 is 2.18 bits per heavy atom. The molecule has 3 rings (SSSR count). The van der Waals surface area contributed by atoms with E-state index >= 15 is 0 Å². The highest BCUT2D eigenvalue weighted by Crippen LogP contribution is 2.28. The number of carbonyl (C=O) groups is 1. The van der Waals surface area contributed by atoms with E-state index in [1.54, 1.807) is 36.4 Å². The largest absolute Gasteiger partial charge is 0.494 e. The third kappa shape index (κ3) is 7.91. The topological polar surface area (TPSA) is 81.7 Å². The second-order valence-corrected chi connectivity index (χ2v) is 12.1. The van der Waals surface area contributed by atoms with Gasteiger partial charge in [-0.3, -0.25) is 4.79 Å². The zero-order valence-electron chi connectivity index (χ0n) is 20.1. The predicted octanol–water partition coefficient (Wildman–Crippen LogP) is 5.44. The molecule has 1 aliphatic rings. The van der Waals surface area contributed by atoms with Crippen molar-refractivity contribution in [2.24, 2.45) is 5.41 Å². The Kier molecular flexibility index (Phi) is 8.88. The second kappa shape index (κ2) is 11.5. The number of hydrogen-bond donors (Lipinski definition) is 1. The van der Waals surface area contributed by atoms with E-state index in [-0.39, 0.29) is 22.9 Å². The molecule has 0 spiro atoms. The number of rotatable bonds is 10. The van der Waals surface area contributed by atoms with Crippen LogP contribution in [0.25, 0.3) is 0 Å². The normalized spacial score (nSPS) is 18.8. The van der Waals surface area contributed by atoms with Gasteiger partial charge in [0.25, 0.3) is 0 Å². The van der Waals surface area contributed by atoms with Crippen molar-refractivity contribution < 1.29 is 22.7 Å². The van der Waals surface area contributed by atoms with Gasteiger partial charge < -0.3 is 14.8 Å². The molecule has 1 saturated carbocycles. The summed E-state index contributed by atoms with van der Waals surface area (Å²) in [5.74, 6) is 1.51. The molecule has 0 heterocycles. The molecule has 2 aromatic carbocycles. The van der Waals surface area contributed by atoms with E-state index in [0.29, 0.717) is 17.4 Å². The quantitative estimate of drug-likeness (QED) is 0.433. The summed E-state index contributed by atoms with van der Waals surface area (Å²) in [6.45, 7) is 4.49. The van der Waals surface area contributed by atoms with Gasteiger partial charge in [-0.1, -0.05) is 25.4 Å². The molecule has 0 aliphatic heterocycles. The van der Waals surface area contributed by atoms with Crippen LogP contribution in [-0.4, -0.2) is 39.3 Å². The van der Waals surface area contributed by atoms with E-state index < -0.39 is 15.3 Å². The molecule has 0 aromatic heterocycles. The van der Waals surface area contributed by atoms with Gasteiger partial charge in [0, 0.05) is 22.7 Å². The van der Waals surface area contributed by atoms with E-state index in [1.807, 2.05) is 26.0 Å². The predicted molar refractivity (Wildman–Crippen MR) is 134 cm³/mol. The highest BCUT2D eigenvalue weighted by Gasteiger charge is 2.31. The Labute approximate surface area is 207 Å². The van der Waals surface area contributed by atoms with Crippen LogP contribution >= 0.6 is 11.6 Å². The minimum Gasteiger partial charge on any atom is -0.494 e. The Morgan fingerprint density at radius 1 is 1.00 bits per heavy atom. The van der Waals surface area contributed by atoms with Crippen molar-refractivity contribution in [3.63, 3.8) is 0 Å². The maximum Gasteiger partial charge on any atom is 0.225 e. The lowest BCUT2D eigenvalue weighted by molar-refractivity contribution is -0.130. The number of benzene rings is 2. The molecule has 1 amide bonds. The number of amides is 1. The molecular formula is C26H34ClNO5S. The first kappa shape index (κ1) is 26.4. The third-order valence-corrected chi connectivity index (χ3v) is 7.59. The van der Waals surface area contributed by atoms with Gasteiger partial charge in [0.1, 0.15) is 11.5 Å². The number of carbonyl (C=O) groups excluding carboxylic acids is 1. The molecule has 1 fully saturated rings. The fraction of sp³-hybridized carbons (Fsp3) is 0.500. The van der Waals surface area contributed by atoms with E-state index in [0.717, 1.165) is 44.3 Å². The van der Waals surface area contributed by atoms with Gasteiger partial charge in [-0.25, -0.2) is 8.42 Å². The lowest BCUT2D eigenvalue weighted by Gasteiger charge is -2.32. The SMILES string of the molecule is CC(C)(CCCOc1ccc(Cl)cc1)C(=O)NC1CCC(Oc2ccc(S(C)(=O)=O)cc2)CC1. The van der Waals surface area contributed by atoms with Gasteiger partial charge in [0.15, 0.2) is 9.84 Å². The first-order valence-corrected chi connectivity index (χ1v) is 14.0. The molecule has 0 saturated heterocycles. The van der Waals surface area contributed by atoms with Crippen molar-refractivity contribution in [2.45, 2.75) is 69.4 Å². The number of halogens is 1. The van der Waals surface area contributed by atoms with E-state index in [4.69, 9.17) is 21.1 Å². The van der Waals surface area contributed by atoms with Crippen molar-refractivity contribution in [1.29, 1.82) is 0 Å². The molecule has 0 bridgehead atoms. The van der Waals surface area contributed by atoms with Crippen LogP contribution in [0.5, 0.6) is 11.5 Å². The maximum absolute atomic E-state index is 12.9. The van der Waals surface area contributed by atoms with Crippen molar-refractivity contribution in [3.05, 3.63) is 53.6 Å². The first-order chi connectivity index (χ1) is 16.0. The van der Waals surface area contributed by atoms with Crippen molar-refractivity contribution in [1.82, 2.24) is 5.32 Å². The molecule has 1 aliphatic carbocycles. The molecule has 186 valence electrons. The number of sulfone groups is 1. The van der Waals surface area contributed by atoms with Gasteiger partial charge in [0.2, 0.25) is 5.91 Å². The standard InChI is InChI=1S/C26H34ClNO5S/c1-26(2,17-4-18-32-21-9-5-19(27)6-10-21)25(29)28-20-7-11-22(12-8-20)33-23-13-15-24(16-14-23)34(3,30)31/h5-6,9-10,13-16,20,22H,4,7-8,11-12,17-18H2,1-3H3,(H,28,29). The number of ether oxygens (including phenoxy) is 2. The molecule has 0 radical (unpaired) electrons. The lowest BCUT2D eigenvalue weighted by Crippen LogP contribution is -2.45. The van der Waals surface area contributed by atoms with Gasteiger partial charge >= 0.3 is 0 Å². The van der Waals surface area contributed by atoms with Gasteiger partial charge in [-0.2, -0.15) is 0 Å². The second-order valence-electron chi connectivity index (χ2n) is 9.60. The first-order valence-electron chi connectivity index (χ1n) is 11.7. The molecule has 0 atom stereocenters. The zero-order valence-corrected chi connectivity index (χ0v) is 21.6. The highest BCUT2D eigenvalue weighted by atomic mass is 35.5. The Morgan fingerprint density at radius 2 is 1.59 bits per heavy atom. The highest BCUT2D eigenvalue weighted by molar-refractivity contribution is 7.90. The third-order valence-electron chi connectivity index (χ3n) is 6.21. The molecular weight excluding hydrogens is 474 g/mol. The maximum atomic E-state index is 12.9. The van der Waals surface area contributed by atoms with Gasteiger partial charge in [-0.15, -0.1) is 0 Å². The number of hydrogen-bond acceptors (Lipinski definition) is 5. The molecule has 34 heavy (non-hydrogen) atoms. The van der Waals surface area contributed by atoms with Crippen LogP contribution in [0.2, 0.25) is 5.02 Å². The van der Waals surface area contributed by atoms with Crippen LogP contribution in [-0.2, 0) is 14.6 Å². The fourth-order valence-electron chi connectivity index (χ4n) is 4.01. The smallest absolute Gasteiger partial charge is 0.225 e. The minimum atomic E-state index is -3.21. The summed E-state index contributed by atoms with van der Waals surface area (Å²) in [4.78, 5) is 13.2. The summed E-state index contributed by atoms with van der Waals surface area (Å²) in [5.41, 5.74) is -0.474. The van der Waals surface area contributed by atoms with E-state index in [2.05, 4.69) is 5.32 Å². The summed E-state index contributed by atoms with van der Waals surface area (Å²) in [6, 6.07) is 13.9. The molecule has 2 aromatic rings. The van der Waals surface area contributed by atoms with Crippen molar-refractivity contribution in [2.75, 3.05) is 12.9 Å². The zero-order chi connectivity index (χ0) is 24.8. The minimum absolute atomic E-state index is 0.0651. The summed E-state index contributed by atoms with van der Waals surface area (Å²) >= 11 is 5.89. The Balaban J connectivity index is 1.37. The summed E-state index contributed by atoms with van der Waals surface area (Å²) in [5, 5.41) is 3.89. The Hall–Kier alpha value is -2.25. The fourth-order valence-corrected chi connectivity index (χ4v) is 4.77. The number of nitrogens with one attached hydrogen (secondary N) is 1. The molecule has 6 nitrogen and oxygen atoms in total. The van der Waals surface area contributed by atoms with Gasteiger partial charge in [-0.05, 0) is 87.1 Å². The van der Waals surface area contributed by atoms with Crippen LogP contribution < -0.4 is 14.8 Å². The average molecular weight is 508 g/mol.